The molecule has 0 aliphatic carbocycles. The van der Waals surface area contributed by atoms with Crippen LogP contribution in [0.5, 0.6) is 0 Å². The van der Waals surface area contributed by atoms with Crippen molar-refractivity contribution >= 4 is 22.4 Å². The third-order valence-electron chi connectivity index (χ3n) is 3.68. The van der Waals surface area contributed by atoms with Crippen LogP contribution in [0.15, 0.2) is 29.2 Å². The van der Waals surface area contributed by atoms with Crippen molar-refractivity contribution in [2.24, 2.45) is 5.73 Å². The number of rotatable bonds is 3. The Morgan fingerprint density at radius 1 is 1.15 bits per heavy atom. The molecule has 4 nitrogen and oxygen atoms in total. The molecule has 1 heterocycles. The van der Waals surface area contributed by atoms with Crippen LogP contribution in [-0.4, -0.2) is 31.9 Å². The molecule has 2 N–H and O–H groups in total. The fourth-order valence-corrected chi connectivity index (χ4v) is 3.76. The van der Waals surface area contributed by atoms with Gasteiger partial charge in [-0.15, -0.1) is 12.4 Å². The first-order valence-corrected chi connectivity index (χ1v) is 8.21. The minimum absolute atomic E-state index is 0. The maximum atomic E-state index is 12.5. The molecule has 0 aromatic heterocycles. The lowest BCUT2D eigenvalue weighted by Crippen LogP contribution is -2.42. The Labute approximate surface area is 127 Å². The molecule has 0 amide bonds. The average Bonchev–Trinajstić information content (AvgIpc) is 2.39. The molecule has 1 saturated heterocycles. The van der Waals surface area contributed by atoms with Gasteiger partial charge in [0, 0.05) is 19.1 Å². The highest BCUT2D eigenvalue weighted by atomic mass is 35.5. The number of nitrogens with two attached hydrogens (primary N) is 1. The minimum Gasteiger partial charge on any atom is -0.328 e. The van der Waals surface area contributed by atoms with Crippen LogP contribution in [0.25, 0.3) is 0 Å². The normalized spacial score (nSPS) is 18.0. The lowest BCUT2D eigenvalue weighted by atomic mass is 10.0. The van der Waals surface area contributed by atoms with Crippen LogP contribution in [0.4, 0.5) is 0 Å². The second kappa shape index (κ2) is 6.89. The molecule has 2 rings (SSSR count). The molecule has 1 aromatic carbocycles. The number of piperidine rings is 1. The smallest absolute Gasteiger partial charge is 0.243 e. The van der Waals surface area contributed by atoms with Crippen LogP contribution in [-0.2, 0) is 10.0 Å². The maximum absolute atomic E-state index is 12.5. The van der Waals surface area contributed by atoms with E-state index in [9.17, 15) is 8.42 Å². The molecule has 0 saturated carbocycles. The third-order valence-corrected chi connectivity index (χ3v) is 5.60. The van der Waals surface area contributed by atoms with Crippen molar-refractivity contribution < 1.29 is 8.42 Å². The maximum Gasteiger partial charge on any atom is 0.243 e. The molecule has 0 unspecified atom stereocenters. The molecular weight excluding hydrogens is 296 g/mol. The fraction of sp³-hybridized carbons (Fsp3) is 0.571. The van der Waals surface area contributed by atoms with Crippen molar-refractivity contribution in [3.8, 4) is 0 Å². The van der Waals surface area contributed by atoms with Crippen LogP contribution >= 0.6 is 12.4 Å². The third kappa shape index (κ3) is 3.73. The van der Waals surface area contributed by atoms with Crippen molar-refractivity contribution in [3.63, 3.8) is 0 Å². The van der Waals surface area contributed by atoms with Crippen LogP contribution in [0, 0.1) is 0 Å². The van der Waals surface area contributed by atoms with E-state index in [1.54, 1.807) is 16.4 Å². The summed E-state index contributed by atoms with van der Waals surface area (Å²) in [4.78, 5) is 0.382. The average molecular weight is 319 g/mol. The van der Waals surface area contributed by atoms with Crippen LogP contribution in [0.1, 0.15) is 38.2 Å². The topological polar surface area (TPSA) is 63.4 Å². The van der Waals surface area contributed by atoms with Gasteiger partial charge in [0.15, 0.2) is 0 Å². The second-order valence-electron chi connectivity index (χ2n) is 5.47. The second-order valence-corrected chi connectivity index (χ2v) is 7.40. The Balaban J connectivity index is 0.00000200. The van der Waals surface area contributed by atoms with Crippen molar-refractivity contribution in [3.05, 3.63) is 29.8 Å². The first kappa shape index (κ1) is 17.4. The molecule has 1 aliphatic rings. The van der Waals surface area contributed by atoms with Gasteiger partial charge in [0.2, 0.25) is 10.0 Å². The van der Waals surface area contributed by atoms with Gasteiger partial charge in [-0.3, -0.25) is 0 Å². The zero-order valence-electron chi connectivity index (χ0n) is 12.0. The molecule has 0 bridgehead atoms. The molecule has 0 atom stereocenters. The summed E-state index contributed by atoms with van der Waals surface area (Å²) in [5, 5.41) is 0. The van der Waals surface area contributed by atoms with Gasteiger partial charge in [0.25, 0.3) is 0 Å². The molecule has 1 aliphatic heterocycles. The molecule has 0 spiro atoms. The van der Waals surface area contributed by atoms with E-state index in [0.717, 1.165) is 18.4 Å². The Hall–Kier alpha value is -0.620. The highest BCUT2D eigenvalue weighted by Crippen LogP contribution is 2.22. The lowest BCUT2D eigenvalue weighted by molar-refractivity contribution is 0.320. The summed E-state index contributed by atoms with van der Waals surface area (Å²) >= 11 is 0. The Bertz CT molecular complexity index is 521. The van der Waals surface area contributed by atoms with Gasteiger partial charge >= 0.3 is 0 Å². The molecular formula is C14H23ClN2O2S. The molecule has 20 heavy (non-hydrogen) atoms. The predicted octanol–water partition coefficient (Wildman–Crippen LogP) is 2.34. The number of benzene rings is 1. The Morgan fingerprint density at radius 2 is 1.65 bits per heavy atom. The first-order chi connectivity index (χ1) is 8.91. The molecule has 1 fully saturated rings. The van der Waals surface area contributed by atoms with Crippen molar-refractivity contribution in [1.82, 2.24) is 4.31 Å². The highest BCUT2D eigenvalue weighted by Gasteiger charge is 2.28. The molecule has 114 valence electrons. The van der Waals surface area contributed by atoms with Crippen molar-refractivity contribution in [2.45, 2.75) is 43.5 Å². The molecule has 1 aromatic rings. The Kier molecular flexibility index (Phi) is 6.01. The number of nitrogens with zero attached hydrogens (tertiary/aromatic N) is 1. The number of sulfonamides is 1. The fourth-order valence-electron chi connectivity index (χ4n) is 2.29. The van der Waals surface area contributed by atoms with E-state index in [2.05, 4.69) is 13.8 Å². The molecule has 0 radical (unpaired) electrons. The zero-order valence-corrected chi connectivity index (χ0v) is 13.6. The predicted molar refractivity (Wildman–Crippen MR) is 83.7 cm³/mol. The summed E-state index contributed by atoms with van der Waals surface area (Å²) in [6, 6.07) is 7.34. The van der Waals surface area contributed by atoms with Crippen LogP contribution < -0.4 is 5.73 Å². The Morgan fingerprint density at radius 3 is 2.10 bits per heavy atom. The first-order valence-electron chi connectivity index (χ1n) is 6.77. The number of hydrogen-bond acceptors (Lipinski definition) is 3. The minimum atomic E-state index is -3.35. The summed E-state index contributed by atoms with van der Waals surface area (Å²) in [6.07, 6.45) is 1.48. The highest BCUT2D eigenvalue weighted by molar-refractivity contribution is 7.89. The van der Waals surface area contributed by atoms with Gasteiger partial charge in [-0.25, -0.2) is 8.42 Å². The quantitative estimate of drug-likeness (QED) is 0.930. The van der Waals surface area contributed by atoms with Gasteiger partial charge in [0.1, 0.15) is 0 Å². The van der Waals surface area contributed by atoms with Gasteiger partial charge in [-0.1, -0.05) is 26.0 Å². The standard InChI is InChI=1S/C14H22N2O2S.ClH/c1-11(2)12-3-5-14(6-4-12)19(17,18)16-9-7-13(15)8-10-16;/h3-6,11,13H,7-10,15H2,1-2H3;1H. The van der Waals surface area contributed by atoms with Gasteiger partial charge in [0.05, 0.1) is 4.90 Å². The summed E-state index contributed by atoms with van der Waals surface area (Å²) < 4.78 is 26.5. The monoisotopic (exact) mass is 318 g/mol. The van der Waals surface area contributed by atoms with Gasteiger partial charge < -0.3 is 5.73 Å². The SMILES string of the molecule is CC(C)c1ccc(S(=O)(=O)N2CCC(N)CC2)cc1.Cl. The van der Waals surface area contributed by atoms with Crippen molar-refractivity contribution in [1.29, 1.82) is 0 Å². The number of halogens is 1. The van der Waals surface area contributed by atoms with E-state index in [0.29, 0.717) is 23.9 Å². The zero-order chi connectivity index (χ0) is 14.0. The van der Waals surface area contributed by atoms with Crippen molar-refractivity contribution in [2.75, 3.05) is 13.1 Å². The summed E-state index contributed by atoms with van der Waals surface area (Å²) in [7, 11) is -3.35. The van der Waals surface area contributed by atoms with E-state index >= 15 is 0 Å². The van der Waals surface area contributed by atoms with Crippen LogP contribution in [0.3, 0.4) is 0 Å². The summed E-state index contributed by atoms with van der Waals surface area (Å²) in [6.45, 7) is 5.23. The largest absolute Gasteiger partial charge is 0.328 e. The van der Waals surface area contributed by atoms with E-state index in [1.165, 1.54) is 0 Å². The van der Waals surface area contributed by atoms with E-state index in [4.69, 9.17) is 5.73 Å². The van der Waals surface area contributed by atoms with Crippen LogP contribution in [0.2, 0.25) is 0 Å². The van der Waals surface area contributed by atoms with E-state index in [-0.39, 0.29) is 18.4 Å². The lowest BCUT2D eigenvalue weighted by Gasteiger charge is -2.29. The summed E-state index contributed by atoms with van der Waals surface area (Å²) in [5.41, 5.74) is 6.96. The number of hydrogen-bond donors (Lipinski definition) is 1. The van der Waals surface area contributed by atoms with Gasteiger partial charge in [-0.05, 0) is 36.5 Å². The molecule has 6 heteroatoms. The van der Waals surface area contributed by atoms with E-state index in [1.807, 2.05) is 12.1 Å². The van der Waals surface area contributed by atoms with E-state index < -0.39 is 10.0 Å². The summed E-state index contributed by atoms with van der Waals surface area (Å²) in [5.74, 6) is 0.407. The van der Waals surface area contributed by atoms with Gasteiger partial charge in [-0.2, -0.15) is 4.31 Å².